The van der Waals surface area contributed by atoms with E-state index in [4.69, 9.17) is 0 Å². The number of nitrogens with one attached hydrogen (secondary N) is 1. The highest BCUT2D eigenvalue weighted by Gasteiger charge is 2.28. The number of hydrogen-bond acceptors (Lipinski definition) is 6. The number of imidazole rings is 1. The largest absolute Gasteiger partial charge is 0.342 e. The van der Waals surface area contributed by atoms with Gasteiger partial charge in [-0.25, -0.2) is 9.97 Å². The summed E-state index contributed by atoms with van der Waals surface area (Å²) in [5.41, 5.74) is 0. The van der Waals surface area contributed by atoms with Crippen LogP contribution in [0.1, 0.15) is 48.5 Å². The van der Waals surface area contributed by atoms with Gasteiger partial charge in [-0.1, -0.05) is 0 Å². The number of nitrogens with zero attached hydrogens (tertiary/aromatic N) is 8. The van der Waals surface area contributed by atoms with Crippen LogP contribution in [-0.4, -0.2) is 63.4 Å². The molecule has 4 rings (SSSR count). The monoisotopic (exact) mass is 383 g/mol. The van der Waals surface area contributed by atoms with Crippen molar-refractivity contribution in [2.24, 2.45) is 7.05 Å². The summed E-state index contributed by atoms with van der Waals surface area (Å²) in [6, 6.07) is 0. The number of rotatable bonds is 6. The number of carbonyl (C=O) groups is 1. The maximum absolute atomic E-state index is 12.7. The highest BCUT2D eigenvalue weighted by atomic mass is 16.2. The SMILES string of the molecule is Cc1nc(CCC(=O)N2CCC[C@@H](c3nnc(Cn4ccnc4)n3C)C2)n[nH]1. The van der Waals surface area contributed by atoms with Gasteiger partial charge in [0.15, 0.2) is 11.6 Å². The molecule has 0 spiro atoms. The second kappa shape index (κ2) is 7.91. The van der Waals surface area contributed by atoms with Crippen LogP contribution in [0.15, 0.2) is 18.7 Å². The molecule has 1 atom stereocenters. The van der Waals surface area contributed by atoms with Gasteiger partial charge in [0.2, 0.25) is 5.91 Å². The lowest BCUT2D eigenvalue weighted by Crippen LogP contribution is -2.39. The fraction of sp³-hybridized carbons (Fsp3) is 0.556. The number of amides is 1. The molecule has 0 aliphatic carbocycles. The molecular formula is C18H25N9O. The van der Waals surface area contributed by atoms with E-state index < -0.39 is 0 Å². The molecule has 4 heterocycles. The predicted octanol–water partition coefficient (Wildman–Crippen LogP) is 0.825. The first-order valence-corrected chi connectivity index (χ1v) is 9.59. The normalized spacial score (nSPS) is 17.2. The topological polar surface area (TPSA) is 110 Å². The van der Waals surface area contributed by atoms with Gasteiger partial charge < -0.3 is 14.0 Å². The van der Waals surface area contributed by atoms with Crippen molar-refractivity contribution in [3.8, 4) is 0 Å². The number of hydrogen-bond donors (Lipinski definition) is 1. The zero-order chi connectivity index (χ0) is 19.5. The van der Waals surface area contributed by atoms with Crippen LogP contribution in [0.4, 0.5) is 0 Å². The summed E-state index contributed by atoms with van der Waals surface area (Å²) >= 11 is 0. The molecule has 1 amide bonds. The number of likely N-dealkylation sites (tertiary alicyclic amines) is 1. The Morgan fingerprint density at radius 1 is 1.36 bits per heavy atom. The minimum absolute atomic E-state index is 0.146. The lowest BCUT2D eigenvalue weighted by atomic mass is 9.96. The third-order valence-corrected chi connectivity index (χ3v) is 5.23. The maximum Gasteiger partial charge on any atom is 0.223 e. The molecule has 3 aromatic rings. The van der Waals surface area contributed by atoms with E-state index in [9.17, 15) is 4.79 Å². The van der Waals surface area contributed by atoms with Gasteiger partial charge in [-0.3, -0.25) is 9.89 Å². The van der Waals surface area contributed by atoms with Crippen LogP contribution in [0.3, 0.4) is 0 Å². The van der Waals surface area contributed by atoms with Gasteiger partial charge in [-0.15, -0.1) is 10.2 Å². The van der Waals surface area contributed by atoms with E-state index in [1.807, 2.05) is 29.6 Å². The van der Waals surface area contributed by atoms with Crippen molar-refractivity contribution < 1.29 is 4.79 Å². The molecule has 10 nitrogen and oxygen atoms in total. The number of carbonyl (C=O) groups excluding carboxylic acids is 1. The molecule has 1 aliphatic rings. The highest BCUT2D eigenvalue weighted by Crippen LogP contribution is 2.26. The van der Waals surface area contributed by atoms with Crippen LogP contribution < -0.4 is 0 Å². The standard InChI is InChI=1S/C18H25N9O/c1-13-20-15(22-21-13)5-6-17(28)27-8-3-4-14(10-27)18-24-23-16(25(18)2)11-26-9-7-19-12-26/h7,9,12,14H,3-6,8,10-11H2,1-2H3,(H,20,21,22)/t14-/m1/s1. The van der Waals surface area contributed by atoms with E-state index in [0.29, 0.717) is 31.8 Å². The van der Waals surface area contributed by atoms with Gasteiger partial charge in [-0.05, 0) is 19.8 Å². The molecule has 0 unspecified atom stereocenters. The average Bonchev–Trinajstić information content (AvgIpc) is 3.44. The van der Waals surface area contributed by atoms with Crippen molar-refractivity contribution in [3.63, 3.8) is 0 Å². The summed E-state index contributed by atoms with van der Waals surface area (Å²) in [7, 11) is 1.99. The smallest absolute Gasteiger partial charge is 0.223 e. The summed E-state index contributed by atoms with van der Waals surface area (Å²) in [4.78, 5) is 22.9. The van der Waals surface area contributed by atoms with Crippen LogP contribution in [0, 0.1) is 6.92 Å². The highest BCUT2D eigenvalue weighted by molar-refractivity contribution is 5.76. The molecule has 10 heteroatoms. The van der Waals surface area contributed by atoms with Crippen LogP contribution in [0.2, 0.25) is 0 Å². The van der Waals surface area contributed by atoms with Gasteiger partial charge in [0.1, 0.15) is 11.6 Å². The number of aromatic nitrogens is 8. The van der Waals surface area contributed by atoms with Gasteiger partial charge in [0.25, 0.3) is 0 Å². The fourth-order valence-electron chi connectivity index (χ4n) is 3.70. The Kier molecular flexibility index (Phi) is 5.18. The Labute approximate surface area is 163 Å². The first-order chi connectivity index (χ1) is 13.6. The van der Waals surface area contributed by atoms with Crippen molar-refractivity contribution in [1.29, 1.82) is 0 Å². The average molecular weight is 383 g/mol. The quantitative estimate of drug-likeness (QED) is 0.675. The van der Waals surface area contributed by atoms with Crippen LogP contribution in [0.25, 0.3) is 0 Å². The Morgan fingerprint density at radius 2 is 2.25 bits per heavy atom. The Bertz CT molecular complexity index is 927. The molecule has 1 N–H and O–H groups in total. The summed E-state index contributed by atoms with van der Waals surface area (Å²) in [5.74, 6) is 3.64. The first kappa shape index (κ1) is 18.3. The molecule has 28 heavy (non-hydrogen) atoms. The first-order valence-electron chi connectivity index (χ1n) is 9.59. The van der Waals surface area contributed by atoms with Crippen molar-refractivity contribution in [2.75, 3.05) is 13.1 Å². The Morgan fingerprint density at radius 3 is 3.00 bits per heavy atom. The van der Waals surface area contributed by atoms with Crippen LogP contribution >= 0.6 is 0 Å². The minimum atomic E-state index is 0.146. The van der Waals surface area contributed by atoms with Gasteiger partial charge in [0.05, 0.1) is 12.9 Å². The molecule has 1 aliphatic heterocycles. The van der Waals surface area contributed by atoms with Crippen molar-refractivity contribution in [1.82, 2.24) is 44.4 Å². The van der Waals surface area contributed by atoms with Crippen molar-refractivity contribution in [2.45, 2.75) is 45.1 Å². The van der Waals surface area contributed by atoms with Gasteiger partial charge >= 0.3 is 0 Å². The van der Waals surface area contributed by atoms with Gasteiger partial charge in [-0.2, -0.15) is 5.10 Å². The second-order valence-corrected chi connectivity index (χ2v) is 7.28. The van der Waals surface area contributed by atoms with E-state index in [1.165, 1.54) is 0 Å². The molecular weight excluding hydrogens is 358 g/mol. The van der Waals surface area contributed by atoms with E-state index in [0.717, 1.165) is 36.9 Å². The number of piperidine rings is 1. The molecule has 148 valence electrons. The van der Waals surface area contributed by atoms with E-state index >= 15 is 0 Å². The van der Waals surface area contributed by atoms with Crippen molar-refractivity contribution >= 4 is 5.91 Å². The predicted molar refractivity (Wildman–Crippen MR) is 100 cm³/mol. The summed E-state index contributed by atoms with van der Waals surface area (Å²) in [5, 5.41) is 15.7. The Balaban J connectivity index is 1.38. The zero-order valence-electron chi connectivity index (χ0n) is 16.2. The van der Waals surface area contributed by atoms with Gasteiger partial charge in [0, 0.05) is 51.3 Å². The van der Waals surface area contributed by atoms with Crippen LogP contribution in [-0.2, 0) is 24.8 Å². The third kappa shape index (κ3) is 3.95. The maximum atomic E-state index is 12.7. The lowest BCUT2D eigenvalue weighted by Gasteiger charge is -2.32. The number of aromatic amines is 1. The molecule has 0 radical (unpaired) electrons. The third-order valence-electron chi connectivity index (χ3n) is 5.23. The fourth-order valence-corrected chi connectivity index (χ4v) is 3.70. The number of aryl methyl sites for hydroxylation is 2. The molecule has 0 saturated carbocycles. The Hall–Kier alpha value is -3.04. The molecule has 0 bridgehead atoms. The van der Waals surface area contributed by atoms with Crippen molar-refractivity contribution in [3.05, 3.63) is 42.0 Å². The molecule has 3 aromatic heterocycles. The summed E-state index contributed by atoms with van der Waals surface area (Å²) < 4.78 is 4.02. The minimum Gasteiger partial charge on any atom is -0.342 e. The summed E-state index contributed by atoms with van der Waals surface area (Å²) in [6.07, 6.45) is 8.40. The molecule has 1 fully saturated rings. The lowest BCUT2D eigenvalue weighted by molar-refractivity contribution is -0.132. The van der Waals surface area contributed by atoms with Crippen LogP contribution in [0.5, 0.6) is 0 Å². The summed E-state index contributed by atoms with van der Waals surface area (Å²) in [6.45, 7) is 3.97. The number of H-pyrrole nitrogens is 1. The molecule has 1 saturated heterocycles. The van der Waals surface area contributed by atoms with E-state index in [1.54, 1.807) is 12.5 Å². The van der Waals surface area contributed by atoms with E-state index in [-0.39, 0.29) is 11.8 Å². The zero-order valence-corrected chi connectivity index (χ0v) is 16.2. The van der Waals surface area contributed by atoms with E-state index in [2.05, 4.69) is 34.9 Å². The second-order valence-electron chi connectivity index (χ2n) is 7.28. The molecule has 0 aromatic carbocycles.